The van der Waals surface area contributed by atoms with E-state index in [9.17, 15) is 0 Å². The Labute approximate surface area is 170 Å². The number of guanidine groups is 1. The molecule has 1 aromatic carbocycles. The van der Waals surface area contributed by atoms with Gasteiger partial charge in [0.25, 0.3) is 0 Å². The number of nitrogens with zero attached hydrogens (tertiary/aromatic N) is 2. The summed E-state index contributed by atoms with van der Waals surface area (Å²) in [4.78, 5) is 7.39. The predicted molar refractivity (Wildman–Crippen MR) is 119 cm³/mol. The second-order valence-corrected chi connectivity index (χ2v) is 6.58. The molecule has 0 atom stereocenters. The van der Waals surface area contributed by atoms with Crippen LogP contribution in [0.5, 0.6) is 0 Å². The van der Waals surface area contributed by atoms with Crippen LogP contribution in [-0.2, 0) is 13.0 Å². The van der Waals surface area contributed by atoms with Crippen LogP contribution in [0.1, 0.15) is 51.2 Å². The Morgan fingerprint density at radius 3 is 2.40 bits per heavy atom. The summed E-state index contributed by atoms with van der Waals surface area (Å²) in [6.07, 6.45) is 4.72. The van der Waals surface area contributed by atoms with Crippen LogP contribution >= 0.6 is 24.0 Å². The maximum atomic E-state index is 4.82. The zero-order valence-electron chi connectivity index (χ0n) is 16.1. The first-order valence-electron chi connectivity index (χ1n) is 9.60. The Kier molecular flexibility index (Phi) is 11.1. The molecule has 4 nitrogen and oxygen atoms in total. The molecular formula is C20H35IN4. The number of likely N-dealkylation sites (tertiary alicyclic amines) is 1. The predicted octanol–water partition coefficient (Wildman–Crippen LogP) is 3.80. The Morgan fingerprint density at radius 2 is 1.80 bits per heavy atom. The molecule has 1 heterocycles. The SMILES string of the molecule is CCCN1CCC(NC(=NCc2ccccc2CC)NCC)CC1.I. The molecule has 1 aliphatic rings. The molecule has 1 aliphatic heterocycles. The zero-order chi connectivity index (χ0) is 17.2. The van der Waals surface area contributed by atoms with Crippen LogP contribution in [0.4, 0.5) is 0 Å². The van der Waals surface area contributed by atoms with Gasteiger partial charge in [0, 0.05) is 25.7 Å². The lowest BCUT2D eigenvalue weighted by atomic mass is 10.0. The van der Waals surface area contributed by atoms with Gasteiger partial charge in [-0.1, -0.05) is 38.1 Å². The highest BCUT2D eigenvalue weighted by Gasteiger charge is 2.19. The van der Waals surface area contributed by atoms with E-state index in [1.54, 1.807) is 0 Å². The van der Waals surface area contributed by atoms with E-state index in [0.29, 0.717) is 6.04 Å². The van der Waals surface area contributed by atoms with Crippen molar-refractivity contribution >= 4 is 29.9 Å². The topological polar surface area (TPSA) is 39.7 Å². The first-order chi connectivity index (χ1) is 11.8. The number of rotatable bonds is 7. The Hall–Kier alpha value is -0.820. The Balaban J connectivity index is 0.00000312. The smallest absolute Gasteiger partial charge is 0.191 e. The van der Waals surface area contributed by atoms with Crippen LogP contribution < -0.4 is 10.6 Å². The summed E-state index contributed by atoms with van der Waals surface area (Å²) in [5, 5.41) is 7.04. The van der Waals surface area contributed by atoms with Gasteiger partial charge in [0.05, 0.1) is 6.54 Å². The van der Waals surface area contributed by atoms with Crippen LogP contribution in [0.25, 0.3) is 0 Å². The highest BCUT2D eigenvalue weighted by molar-refractivity contribution is 14.0. The van der Waals surface area contributed by atoms with Crippen molar-refractivity contribution < 1.29 is 0 Å². The van der Waals surface area contributed by atoms with Gasteiger partial charge in [0.2, 0.25) is 0 Å². The number of hydrogen-bond acceptors (Lipinski definition) is 2. The summed E-state index contributed by atoms with van der Waals surface area (Å²) in [5.74, 6) is 0.956. The third-order valence-corrected chi connectivity index (χ3v) is 4.72. The molecule has 25 heavy (non-hydrogen) atoms. The lowest BCUT2D eigenvalue weighted by Crippen LogP contribution is -2.48. The van der Waals surface area contributed by atoms with E-state index in [4.69, 9.17) is 4.99 Å². The van der Waals surface area contributed by atoms with Crippen molar-refractivity contribution in [3.05, 3.63) is 35.4 Å². The van der Waals surface area contributed by atoms with E-state index < -0.39 is 0 Å². The molecule has 0 spiro atoms. The molecule has 0 saturated carbocycles. The summed E-state index contributed by atoms with van der Waals surface area (Å²) in [5.41, 5.74) is 2.72. The van der Waals surface area contributed by atoms with Crippen LogP contribution in [0.3, 0.4) is 0 Å². The van der Waals surface area contributed by atoms with Crippen molar-refractivity contribution in [2.45, 2.75) is 59.0 Å². The standard InChI is InChI=1S/C20H34N4.HI/c1-4-13-24-14-11-19(12-15-24)23-20(21-6-3)22-16-18-10-8-7-9-17(18)5-2;/h7-10,19H,4-6,11-16H2,1-3H3,(H2,21,22,23);1H. The maximum absolute atomic E-state index is 4.82. The molecule has 2 rings (SSSR count). The number of benzene rings is 1. The van der Waals surface area contributed by atoms with Gasteiger partial charge < -0.3 is 15.5 Å². The number of halogens is 1. The summed E-state index contributed by atoms with van der Waals surface area (Å²) in [6.45, 7) is 11.9. The number of piperidine rings is 1. The van der Waals surface area contributed by atoms with E-state index in [1.807, 2.05) is 0 Å². The molecule has 0 aliphatic carbocycles. The molecule has 0 radical (unpaired) electrons. The molecule has 1 aromatic rings. The lowest BCUT2D eigenvalue weighted by molar-refractivity contribution is 0.206. The number of nitrogens with one attached hydrogen (secondary N) is 2. The van der Waals surface area contributed by atoms with E-state index in [0.717, 1.165) is 25.5 Å². The number of aliphatic imine (C=N–C) groups is 1. The summed E-state index contributed by atoms with van der Waals surface area (Å²) in [6, 6.07) is 9.15. The fraction of sp³-hybridized carbons (Fsp3) is 0.650. The first-order valence-corrected chi connectivity index (χ1v) is 9.60. The molecule has 5 heteroatoms. The van der Waals surface area contributed by atoms with Crippen LogP contribution in [0.15, 0.2) is 29.3 Å². The minimum atomic E-state index is 0. The van der Waals surface area contributed by atoms with E-state index in [2.05, 4.69) is 60.6 Å². The van der Waals surface area contributed by atoms with Gasteiger partial charge in [0.1, 0.15) is 0 Å². The molecule has 2 N–H and O–H groups in total. The van der Waals surface area contributed by atoms with Gasteiger partial charge in [-0.25, -0.2) is 4.99 Å². The molecule has 0 amide bonds. The summed E-state index contributed by atoms with van der Waals surface area (Å²) < 4.78 is 0. The van der Waals surface area contributed by atoms with Crippen molar-refractivity contribution in [3.63, 3.8) is 0 Å². The fourth-order valence-electron chi connectivity index (χ4n) is 3.35. The number of aryl methyl sites for hydroxylation is 1. The fourth-order valence-corrected chi connectivity index (χ4v) is 3.35. The molecule has 1 fully saturated rings. The molecule has 142 valence electrons. The molecule has 1 saturated heterocycles. The average molecular weight is 458 g/mol. The van der Waals surface area contributed by atoms with Crippen molar-refractivity contribution in [2.24, 2.45) is 4.99 Å². The van der Waals surface area contributed by atoms with Gasteiger partial charge in [-0.3, -0.25) is 0 Å². The van der Waals surface area contributed by atoms with E-state index in [1.165, 1.54) is 50.0 Å². The third-order valence-electron chi connectivity index (χ3n) is 4.72. The minimum absolute atomic E-state index is 0. The van der Waals surface area contributed by atoms with E-state index in [-0.39, 0.29) is 24.0 Å². The minimum Gasteiger partial charge on any atom is -0.357 e. The highest BCUT2D eigenvalue weighted by Crippen LogP contribution is 2.12. The molecule has 0 aromatic heterocycles. The maximum Gasteiger partial charge on any atom is 0.191 e. The quantitative estimate of drug-likeness (QED) is 0.371. The van der Waals surface area contributed by atoms with Gasteiger partial charge in [-0.15, -0.1) is 24.0 Å². The zero-order valence-corrected chi connectivity index (χ0v) is 18.4. The summed E-state index contributed by atoms with van der Waals surface area (Å²) in [7, 11) is 0. The van der Waals surface area contributed by atoms with Crippen molar-refractivity contribution in [2.75, 3.05) is 26.2 Å². The first kappa shape index (κ1) is 22.2. The van der Waals surface area contributed by atoms with Crippen molar-refractivity contribution in [3.8, 4) is 0 Å². The highest BCUT2D eigenvalue weighted by atomic mass is 127. The van der Waals surface area contributed by atoms with Crippen molar-refractivity contribution in [1.29, 1.82) is 0 Å². The van der Waals surface area contributed by atoms with Gasteiger partial charge in [-0.2, -0.15) is 0 Å². The monoisotopic (exact) mass is 458 g/mol. The largest absolute Gasteiger partial charge is 0.357 e. The average Bonchev–Trinajstić information content (AvgIpc) is 2.62. The molecule has 0 bridgehead atoms. The third kappa shape index (κ3) is 7.52. The second kappa shape index (κ2) is 12.5. The second-order valence-electron chi connectivity index (χ2n) is 6.58. The van der Waals surface area contributed by atoms with Gasteiger partial charge in [0.15, 0.2) is 5.96 Å². The van der Waals surface area contributed by atoms with Crippen LogP contribution in [0.2, 0.25) is 0 Å². The Bertz CT molecular complexity index is 510. The van der Waals surface area contributed by atoms with Crippen LogP contribution in [0, 0.1) is 0 Å². The van der Waals surface area contributed by atoms with Gasteiger partial charge >= 0.3 is 0 Å². The molecule has 0 unspecified atom stereocenters. The van der Waals surface area contributed by atoms with E-state index >= 15 is 0 Å². The summed E-state index contributed by atoms with van der Waals surface area (Å²) >= 11 is 0. The van der Waals surface area contributed by atoms with Crippen molar-refractivity contribution in [1.82, 2.24) is 15.5 Å². The molecular weight excluding hydrogens is 423 g/mol. The normalized spacial score (nSPS) is 16.4. The Morgan fingerprint density at radius 1 is 1.12 bits per heavy atom. The number of hydrogen-bond donors (Lipinski definition) is 2. The lowest BCUT2D eigenvalue weighted by Gasteiger charge is -2.32. The van der Waals surface area contributed by atoms with Gasteiger partial charge in [-0.05, 0) is 50.3 Å². The van der Waals surface area contributed by atoms with Crippen LogP contribution in [-0.4, -0.2) is 43.1 Å².